The van der Waals surface area contributed by atoms with Crippen LogP contribution in [0.4, 0.5) is 5.69 Å². The highest BCUT2D eigenvalue weighted by Gasteiger charge is 2.29. The van der Waals surface area contributed by atoms with Gasteiger partial charge in [-0.05, 0) is 54.3 Å². The van der Waals surface area contributed by atoms with Gasteiger partial charge in [0.25, 0.3) is 0 Å². The summed E-state index contributed by atoms with van der Waals surface area (Å²) in [5.41, 5.74) is 2.72. The van der Waals surface area contributed by atoms with Crippen molar-refractivity contribution in [3.05, 3.63) is 90.0 Å². The van der Waals surface area contributed by atoms with Gasteiger partial charge in [0.2, 0.25) is 11.8 Å². The Morgan fingerprint density at radius 2 is 1.58 bits per heavy atom. The fraction of sp³-hybridized carbons (Fsp3) is 0.259. The monoisotopic (exact) mass is 444 g/mol. The minimum atomic E-state index is -0.436. The molecule has 4 rings (SSSR count). The van der Waals surface area contributed by atoms with Gasteiger partial charge in [-0.3, -0.25) is 9.59 Å². The van der Waals surface area contributed by atoms with Crippen molar-refractivity contribution in [2.75, 3.05) is 18.5 Å². The Bertz CT molecular complexity index is 1070. The van der Waals surface area contributed by atoms with Crippen molar-refractivity contribution >= 4 is 17.5 Å². The molecule has 0 aliphatic carbocycles. The van der Waals surface area contributed by atoms with Crippen molar-refractivity contribution in [3.8, 4) is 11.5 Å². The highest BCUT2D eigenvalue weighted by molar-refractivity contribution is 6.01. The molecule has 0 radical (unpaired) electrons. The molecular weight excluding hydrogens is 416 g/mol. The number of benzene rings is 3. The summed E-state index contributed by atoms with van der Waals surface area (Å²) in [6, 6.07) is 25.1. The molecule has 6 heteroatoms. The largest absolute Gasteiger partial charge is 0.494 e. The van der Waals surface area contributed by atoms with E-state index in [9.17, 15) is 9.59 Å². The molecule has 0 spiro atoms. The van der Waals surface area contributed by atoms with Crippen LogP contribution in [-0.2, 0) is 16.2 Å². The van der Waals surface area contributed by atoms with Crippen molar-refractivity contribution in [2.24, 2.45) is 0 Å². The minimum absolute atomic E-state index is 0.107. The van der Waals surface area contributed by atoms with Gasteiger partial charge in [-0.15, -0.1) is 0 Å². The number of hydrogen-bond donors (Lipinski definition) is 2. The van der Waals surface area contributed by atoms with Crippen LogP contribution in [-0.4, -0.2) is 25.0 Å². The van der Waals surface area contributed by atoms with E-state index in [1.807, 2.05) is 78.9 Å². The van der Waals surface area contributed by atoms with Crippen LogP contribution >= 0.6 is 0 Å². The summed E-state index contributed by atoms with van der Waals surface area (Å²) < 4.78 is 11.6. The van der Waals surface area contributed by atoms with Crippen molar-refractivity contribution in [2.45, 2.75) is 31.8 Å². The van der Waals surface area contributed by atoms with Crippen LogP contribution in [0.25, 0.3) is 0 Å². The van der Waals surface area contributed by atoms with Gasteiger partial charge in [0.15, 0.2) is 0 Å². The van der Waals surface area contributed by atoms with Crippen LogP contribution in [0.1, 0.15) is 36.3 Å². The molecule has 1 aliphatic rings. The topological polar surface area (TPSA) is 76.7 Å². The summed E-state index contributed by atoms with van der Waals surface area (Å²) in [6.07, 6.45) is 1.79. The van der Waals surface area contributed by atoms with E-state index in [1.165, 1.54) is 0 Å². The first-order valence-electron chi connectivity index (χ1n) is 11.2. The Balaban J connectivity index is 1.13. The molecule has 0 aromatic heterocycles. The number of carbonyl (C=O) groups is 2. The average molecular weight is 445 g/mol. The zero-order chi connectivity index (χ0) is 22.9. The van der Waals surface area contributed by atoms with Gasteiger partial charge in [0.05, 0.1) is 12.5 Å². The molecule has 6 nitrogen and oxygen atoms in total. The van der Waals surface area contributed by atoms with Crippen LogP contribution < -0.4 is 20.1 Å². The van der Waals surface area contributed by atoms with Gasteiger partial charge in [0.1, 0.15) is 18.1 Å². The van der Waals surface area contributed by atoms with E-state index < -0.39 is 5.92 Å². The molecule has 0 bridgehead atoms. The predicted molar refractivity (Wildman–Crippen MR) is 127 cm³/mol. The second-order valence-corrected chi connectivity index (χ2v) is 7.98. The maximum absolute atomic E-state index is 12.6. The zero-order valence-corrected chi connectivity index (χ0v) is 18.5. The number of unbranched alkanes of at least 4 members (excludes halogenated alkanes) is 1. The van der Waals surface area contributed by atoms with Crippen molar-refractivity contribution in [1.29, 1.82) is 0 Å². The highest BCUT2D eigenvalue weighted by atomic mass is 16.5. The Morgan fingerprint density at radius 1 is 0.879 bits per heavy atom. The molecule has 170 valence electrons. The first-order valence-corrected chi connectivity index (χ1v) is 11.2. The van der Waals surface area contributed by atoms with E-state index in [1.54, 1.807) is 0 Å². The Morgan fingerprint density at radius 3 is 2.36 bits per heavy atom. The number of amides is 2. The maximum Gasteiger partial charge on any atom is 0.228 e. The van der Waals surface area contributed by atoms with Gasteiger partial charge < -0.3 is 20.1 Å². The van der Waals surface area contributed by atoms with Gasteiger partial charge in [0, 0.05) is 18.7 Å². The first-order chi connectivity index (χ1) is 16.2. The number of anilines is 1. The third-order valence-electron chi connectivity index (χ3n) is 5.53. The number of hydrogen-bond acceptors (Lipinski definition) is 4. The number of carbonyl (C=O) groups excluding carboxylic acids is 2. The first kappa shape index (κ1) is 22.4. The molecule has 2 N–H and O–H groups in total. The van der Waals surface area contributed by atoms with Crippen LogP contribution in [0.3, 0.4) is 0 Å². The van der Waals surface area contributed by atoms with Gasteiger partial charge >= 0.3 is 0 Å². The van der Waals surface area contributed by atoms with Gasteiger partial charge in [-0.2, -0.15) is 0 Å². The Hall–Kier alpha value is -3.80. The second-order valence-electron chi connectivity index (χ2n) is 7.98. The number of nitrogens with one attached hydrogen (secondary N) is 2. The lowest BCUT2D eigenvalue weighted by Gasteiger charge is -2.24. The van der Waals surface area contributed by atoms with E-state index in [0.29, 0.717) is 19.8 Å². The second kappa shape index (κ2) is 11.2. The zero-order valence-electron chi connectivity index (χ0n) is 18.5. The minimum Gasteiger partial charge on any atom is -0.494 e. The fourth-order valence-electron chi connectivity index (χ4n) is 3.77. The van der Waals surface area contributed by atoms with Gasteiger partial charge in [-0.1, -0.05) is 48.5 Å². The average Bonchev–Trinajstić information content (AvgIpc) is 2.85. The van der Waals surface area contributed by atoms with Crippen LogP contribution in [0, 0.1) is 0 Å². The number of ether oxygens (including phenoxy) is 2. The predicted octanol–water partition coefficient (Wildman–Crippen LogP) is 4.67. The summed E-state index contributed by atoms with van der Waals surface area (Å²) >= 11 is 0. The normalized spacial score (nSPS) is 14.7. The standard InChI is InChI=1S/C27H28N2O4/c30-26-18-24(23-10-4-5-11-25(23)29-26)27(31)28-16-6-7-17-32-21-12-14-22(15-13-21)33-19-20-8-2-1-3-9-20/h1-5,8-15,24H,6-7,16-19H2,(H,28,31)(H,29,30)/t24-/m1/s1. The molecule has 3 aromatic rings. The Kier molecular flexibility index (Phi) is 7.59. The SMILES string of the molecule is O=C1C[C@@H](C(=O)NCCCCOc2ccc(OCc3ccccc3)cc2)c2ccccc2N1. The molecular formula is C27H28N2O4. The van der Waals surface area contributed by atoms with E-state index in [2.05, 4.69) is 10.6 Å². The summed E-state index contributed by atoms with van der Waals surface area (Å²) in [5, 5.41) is 5.78. The van der Waals surface area contributed by atoms with Gasteiger partial charge in [-0.25, -0.2) is 0 Å². The molecule has 3 aromatic carbocycles. The quantitative estimate of drug-likeness (QED) is 0.446. The molecule has 1 heterocycles. The lowest BCUT2D eigenvalue weighted by Crippen LogP contribution is -2.35. The highest BCUT2D eigenvalue weighted by Crippen LogP contribution is 2.31. The molecule has 1 atom stereocenters. The van der Waals surface area contributed by atoms with Crippen molar-refractivity contribution < 1.29 is 19.1 Å². The molecule has 33 heavy (non-hydrogen) atoms. The molecule has 2 amide bonds. The summed E-state index contributed by atoms with van der Waals surface area (Å²) in [5.74, 6) is 0.916. The third-order valence-corrected chi connectivity index (χ3v) is 5.53. The fourth-order valence-corrected chi connectivity index (χ4v) is 3.77. The third kappa shape index (κ3) is 6.35. The van der Waals surface area contributed by atoms with E-state index in [4.69, 9.17) is 9.47 Å². The van der Waals surface area contributed by atoms with Crippen molar-refractivity contribution in [3.63, 3.8) is 0 Å². The van der Waals surface area contributed by atoms with Crippen molar-refractivity contribution in [1.82, 2.24) is 5.32 Å². The molecule has 0 saturated carbocycles. The number of rotatable bonds is 10. The van der Waals surface area contributed by atoms with Crippen LogP contribution in [0.2, 0.25) is 0 Å². The summed E-state index contributed by atoms with van der Waals surface area (Å²) in [7, 11) is 0. The Labute approximate surface area is 193 Å². The molecule has 0 saturated heterocycles. The van der Waals surface area contributed by atoms with E-state index in [-0.39, 0.29) is 18.2 Å². The smallest absolute Gasteiger partial charge is 0.228 e. The lowest BCUT2D eigenvalue weighted by molar-refractivity contribution is -0.126. The number of fused-ring (bicyclic) bond motifs is 1. The molecule has 0 unspecified atom stereocenters. The van der Waals surface area contributed by atoms with Crippen LogP contribution in [0.5, 0.6) is 11.5 Å². The van der Waals surface area contributed by atoms with Crippen LogP contribution in [0.15, 0.2) is 78.9 Å². The van der Waals surface area contributed by atoms with E-state index >= 15 is 0 Å². The number of para-hydroxylation sites is 1. The van der Waals surface area contributed by atoms with E-state index in [0.717, 1.165) is 41.2 Å². The molecule has 0 fully saturated rings. The summed E-state index contributed by atoms with van der Waals surface area (Å²) in [6.45, 7) is 1.65. The maximum atomic E-state index is 12.6. The molecule has 1 aliphatic heterocycles. The lowest BCUT2D eigenvalue weighted by atomic mass is 9.90. The summed E-state index contributed by atoms with van der Waals surface area (Å²) in [4.78, 5) is 24.5.